The van der Waals surface area contributed by atoms with Crippen molar-refractivity contribution in [3.63, 3.8) is 0 Å². The van der Waals surface area contributed by atoms with Crippen molar-refractivity contribution < 1.29 is 30.0 Å². The zero-order chi connectivity index (χ0) is 26.5. The summed E-state index contributed by atoms with van der Waals surface area (Å²) in [5.74, 6) is 1.30. The van der Waals surface area contributed by atoms with Crippen molar-refractivity contribution in [1.29, 1.82) is 0 Å². The normalized spacial score (nSPS) is 14.3. The fraction of sp³-hybridized carbons (Fsp3) is 0.455. The monoisotopic (exact) mass is 677 g/mol. The second-order valence-electron chi connectivity index (χ2n) is 11.7. The van der Waals surface area contributed by atoms with Crippen LogP contribution in [-0.4, -0.2) is 15.9 Å². The SMILES string of the molecule is CC(C)CC(O)=CC(=O)C(C)(C)C.Cc1[c-]c(-c2nccc3cc(C4CCCC4)ccc23)cc(C)c1.[Ir]. The van der Waals surface area contributed by atoms with Gasteiger partial charge in [0.25, 0.3) is 0 Å². The van der Waals surface area contributed by atoms with Gasteiger partial charge in [0.2, 0.25) is 0 Å². The van der Waals surface area contributed by atoms with E-state index in [2.05, 4.69) is 61.3 Å². The Hall–Kier alpha value is -2.29. The van der Waals surface area contributed by atoms with Crippen molar-refractivity contribution in [3.05, 3.63) is 77.2 Å². The maximum atomic E-state index is 11.4. The molecule has 0 atom stereocenters. The van der Waals surface area contributed by atoms with Gasteiger partial charge in [-0.2, -0.15) is 0 Å². The molecule has 0 bridgehead atoms. The first-order chi connectivity index (χ1) is 16.9. The molecule has 0 amide bonds. The Balaban J connectivity index is 0.000000299. The van der Waals surface area contributed by atoms with E-state index in [9.17, 15) is 9.90 Å². The van der Waals surface area contributed by atoms with Crippen molar-refractivity contribution >= 4 is 16.6 Å². The van der Waals surface area contributed by atoms with Crippen LogP contribution in [0.1, 0.15) is 89.3 Å². The van der Waals surface area contributed by atoms with Crippen LogP contribution >= 0.6 is 0 Å². The van der Waals surface area contributed by atoms with Crippen LogP contribution in [0.15, 0.2) is 54.4 Å². The van der Waals surface area contributed by atoms with Crippen molar-refractivity contribution in [1.82, 2.24) is 4.98 Å². The molecule has 1 N–H and O–H groups in total. The van der Waals surface area contributed by atoms with E-state index < -0.39 is 5.41 Å². The molecule has 4 heteroatoms. The van der Waals surface area contributed by atoms with Crippen molar-refractivity contribution in [2.75, 3.05) is 0 Å². The number of benzene rings is 2. The van der Waals surface area contributed by atoms with E-state index in [4.69, 9.17) is 0 Å². The molecule has 1 aromatic heterocycles. The molecule has 1 aliphatic rings. The molecule has 0 saturated heterocycles. The fourth-order valence-electron chi connectivity index (χ4n) is 4.79. The van der Waals surface area contributed by atoms with E-state index in [1.165, 1.54) is 59.2 Å². The maximum absolute atomic E-state index is 11.4. The van der Waals surface area contributed by atoms with Gasteiger partial charge >= 0.3 is 0 Å². The van der Waals surface area contributed by atoms with Gasteiger partial charge in [-0.1, -0.05) is 79.5 Å². The first-order valence-electron chi connectivity index (χ1n) is 13.3. The summed E-state index contributed by atoms with van der Waals surface area (Å²) in [5, 5.41) is 11.9. The largest absolute Gasteiger partial charge is 0.512 e. The third-order valence-corrected chi connectivity index (χ3v) is 6.67. The number of aliphatic hydroxyl groups excluding tert-OH is 1. The Morgan fingerprint density at radius 1 is 1.11 bits per heavy atom. The molecule has 1 aliphatic carbocycles. The molecular weight excluding hydrogens is 635 g/mol. The number of carbonyl (C=O) groups is 1. The molecule has 1 heterocycles. The quantitative estimate of drug-likeness (QED) is 0.167. The number of nitrogens with zero attached hydrogens (tertiary/aromatic N) is 1. The van der Waals surface area contributed by atoms with Crippen molar-refractivity contribution in [2.45, 2.75) is 86.5 Å². The number of carbonyl (C=O) groups excluding carboxylic acids is 1. The number of rotatable bonds is 5. The summed E-state index contributed by atoms with van der Waals surface area (Å²) in [6.07, 6.45) is 9.29. The molecule has 1 radical (unpaired) electrons. The Kier molecular flexibility index (Phi) is 11.3. The Morgan fingerprint density at radius 2 is 1.78 bits per heavy atom. The van der Waals surface area contributed by atoms with Crippen LogP contribution in [0.2, 0.25) is 0 Å². The minimum atomic E-state index is -0.398. The Bertz CT molecular complexity index is 1210. The molecular formula is C33H42IrNO2-. The second-order valence-corrected chi connectivity index (χ2v) is 11.7. The van der Waals surface area contributed by atoms with Gasteiger partial charge < -0.3 is 10.1 Å². The molecule has 1 fully saturated rings. The maximum Gasteiger partial charge on any atom is 0.164 e. The Labute approximate surface area is 237 Å². The van der Waals surface area contributed by atoms with Gasteiger partial charge in [-0.25, -0.2) is 0 Å². The number of hydrogen-bond donors (Lipinski definition) is 1. The topological polar surface area (TPSA) is 50.2 Å². The van der Waals surface area contributed by atoms with E-state index in [1.54, 1.807) is 0 Å². The molecule has 0 unspecified atom stereocenters. The van der Waals surface area contributed by atoms with E-state index in [1.807, 2.05) is 40.8 Å². The molecule has 2 aromatic carbocycles. The van der Waals surface area contributed by atoms with Crippen molar-refractivity contribution in [2.24, 2.45) is 11.3 Å². The number of aliphatic hydroxyl groups is 1. The number of allylic oxidation sites excluding steroid dienone is 2. The van der Waals surface area contributed by atoms with Crippen LogP contribution in [-0.2, 0) is 24.9 Å². The summed E-state index contributed by atoms with van der Waals surface area (Å²) in [6.45, 7) is 13.8. The zero-order valence-corrected chi connectivity index (χ0v) is 25.8. The molecule has 3 nitrogen and oxygen atoms in total. The van der Waals surface area contributed by atoms with Crippen LogP contribution < -0.4 is 0 Å². The Morgan fingerprint density at radius 3 is 2.38 bits per heavy atom. The standard InChI is InChI=1S/C22H22N.C11H20O2.Ir/c1-15-11-16(2)13-20(12-15)22-21-8-7-18(17-5-3-4-6-17)14-19(21)9-10-23-22;1-8(2)6-9(12)7-10(13)11(3,4)5;/h7-12,14,17H,3-6H2,1-2H3;7-8,12H,6H2,1-5H3;/q-1;;. The summed E-state index contributed by atoms with van der Waals surface area (Å²) in [7, 11) is 0. The van der Waals surface area contributed by atoms with Gasteiger partial charge in [0.15, 0.2) is 5.78 Å². The number of ketones is 1. The van der Waals surface area contributed by atoms with Crippen LogP contribution in [0.4, 0.5) is 0 Å². The average molecular weight is 677 g/mol. The van der Waals surface area contributed by atoms with Crippen LogP contribution in [0.25, 0.3) is 22.0 Å². The molecule has 201 valence electrons. The fourth-order valence-corrected chi connectivity index (χ4v) is 4.79. The molecule has 4 rings (SSSR count). The van der Waals surface area contributed by atoms with Gasteiger partial charge in [0.1, 0.15) is 0 Å². The first-order valence-corrected chi connectivity index (χ1v) is 13.3. The van der Waals surface area contributed by atoms with Crippen LogP contribution in [0, 0.1) is 31.2 Å². The summed E-state index contributed by atoms with van der Waals surface area (Å²) >= 11 is 0. The number of pyridine rings is 1. The smallest absolute Gasteiger partial charge is 0.164 e. The summed E-state index contributed by atoms with van der Waals surface area (Å²) in [6, 6.07) is 16.9. The van der Waals surface area contributed by atoms with E-state index in [-0.39, 0.29) is 31.6 Å². The number of aromatic nitrogens is 1. The van der Waals surface area contributed by atoms with Crippen LogP contribution in [0.3, 0.4) is 0 Å². The number of fused-ring (bicyclic) bond motifs is 1. The number of aryl methyl sites for hydroxylation is 2. The predicted molar refractivity (Wildman–Crippen MR) is 151 cm³/mol. The molecule has 0 spiro atoms. The van der Waals surface area contributed by atoms with Crippen LogP contribution in [0.5, 0.6) is 0 Å². The summed E-state index contributed by atoms with van der Waals surface area (Å²) in [4.78, 5) is 16.1. The third-order valence-electron chi connectivity index (χ3n) is 6.67. The molecule has 37 heavy (non-hydrogen) atoms. The zero-order valence-electron chi connectivity index (χ0n) is 23.4. The first kappa shape index (κ1) is 30.9. The minimum absolute atomic E-state index is 0. The average Bonchev–Trinajstić information content (AvgIpc) is 3.32. The van der Waals surface area contributed by atoms with E-state index in [0.29, 0.717) is 12.3 Å². The molecule has 1 saturated carbocycles. The summed E-state index contributed by atoms with van der Waals surface area (Å²) < 4.78 is 0. The van der Waals surface area contributed by atoms with E-state index >= 15 is 0 Å². The van der Waals surface area contributed by atoms with Gasteiger partial charge in [0.05, 0.1) is 5.76 Å². The summed E-state index contributed by atoms with van der Waals surface area (Å²) in [5.41, 5.74) is 5.68. The molecule has 3 aromatic rings. The predicted octanol–water partition coefficient (Wildman–Crippen LogP) is 9.06. The van der Waals surface area contributed by atoms with Gasteiger partial charge in [-0.3, -0.25) is 4.79 Å². The second kappa shape index (κ2) is 13.5. The van der Waals surface area contributed by atoms with Gasteiger partial charge in [-0.05, 0) is 52.8 Å². The van der Waals surface area contributed by atoms with Gasteiger partial charge in [0, 0.05) is 44.2 Å². The van der Waals surface area contributed by atoms with Crippen molar-refractivity contribution in [3.8, 4) is 11.3 Å². The van der Waals surface area contributed by atoms with Gasteiger partial charge in [-0.15, -0.1) is 34.9 Å². The van der Waals surface area contributed by atoms with E-state index in [0.717, 1.165) is 17.2 Å². The minimum Gasteiger partial charge on any atom is -0.512 e. The molecule has 0 aliphatic heterocycles. The number of hydrogen-bond acceptors (Lipinski definition) is 3. The third kappa shape index (κ3) is 8.90.